The molecule has 0 aromatic carbocycles. The molecule has 0 radical (unpaired) electrons. The molecule has 0 heteroatoms. The van der Waals surface area contributed by atoms with E-state index in [4.69, 9.17) is 0 Å². The molecule has 0 heterocycles. The van der Waals surface area contributed by atoms with Crippen LogP contribution in [0.1, 0.15) is 40.0 Å². The van der Waals surface area contributed by atoms with Gasteiger partial charge in [-0.15, -0.1) is 0 Å². The minimum absolute atomic E-state index is 0.560. The topological polar surface area (TPSA) is 0 Å². The molecule has 0 nitrogen and oxygen atoms in total. The zero-order valence-electron chi connectivity index (χ0n) is 9.01. The summed E-state index contributed by atoms with van der Waals surface area (Å²) in [5, 5.41) is 0. The minimum atomic E-state index is 0.560. The van der Waals surface area contributed by atoms with E-state index < -0.39 is 0 Å². The van der Waals surface area contributed by atoms with Gasteiger partial charge in [0.1, 0.15) is 0 Å². The van der Waals surface area contributed by atoms with Gasteiger partial charge in [0.05, 0.1) is 0 Å². The Bertz CT molecular complexity index is 262. The van der Waals surface area contributed by atoms with Crippen molar-refractivity contribution in [3.05, 3.63) is 11.6 Å². The molecule has 3 aliphatic rings. The fraction of sp³-hybridized carbons (Fsp3) is 0.846. The molecule has 3 saturated carbocycles. The largest absolute Gasteiger partial charge is 0.0845 e. The van der Waals surface area contributed by atoms with Gasteiger partial charge in [0.2, 0.25) is 0 Å². The fourth-order valence-corrected chi connectivity index (χ4v) is 3.33. The molecule has 3 aliphatic carbocycles. The van der Waals surface area contributed by atoms with Crippen molar-refractivity contribution < 1.29 is 0 Å². The Morgan fingerprint density at radius 1 is 1.38 bits per heavy atom. The van der Waals surface area contributed by atoms with Crippen LogP contribution in [0.5, 0.6) is 0 Å². The number of fused-ring (bicyclic) bond motifs is 1. The van der Waals surface area contributed by atoms with Gasteiger partial charge in [-0.05, 0) is 48.3 Å². The fourth-order valence-electron chi connectivity index (χ4n) is 3.33. The maximum Gasteiger partial charge on any atom is -0.0142 e. The summed E-state index contributed by atoms with van der Waals surface area (Å²) >= 11 is 0. The normalized spacial score (nSPS) is 52.7. The average Bonchev–Trinajstić information content (AvgIpc) is 2.92. The number of hydrogen-bond acceptors (Lipinski definition) is 0. The van der Waals surface area contributed by atoms with E-state index in [9.17, 15) is 0 Å². The standard InChI is InChI=1S/C13H20/c1-8-11-10(12(8)11)5-4-9-6-7-13(9,2)3/h4,8,10-12H,5-7H2,1-3H3. The van der Waals surface area contributed by atoms with Crippen LogP contribution in [-0.4, -0.2) is 0 Å². The SMILES string of the molecule is CC1C2C(CC=C3CCC3(C)C)C12. The summed E-state index contributed by atoms with van der Waals surface area (Å²) in [7, 11) is 0. The first-order valence-electron chi connectivity index (χ1n) is 5.81. The lowest BCUT2D eigenvalue weighted by molar-refractivity contribution is 0.302. The second-order valence-corrected chi connectivity index (χ2v) is 6.03. The zero-order chi connectivity index (χ0) is 9.22. The van der Waals surface area contributed by atoms with Gasteiger partial charge in [0, 0.05) is 0 Å². The summed E-state index contributed by atoms with van der Waals surface area (Å²) in [6.45, 7) is 7.18. The van der Waals surface area contributed by atoms with E-state index in [2.05, 4.69) is 26.8 Å². The number of hydrogen-bond donors (Lipinski definition) is 0. The Morgan fingerprint density at radius 2 is 2.08 bits per heavy atom. The Hall–Kier alpha value is -0.260. The van der Waals surface area contributed by atoms with Gasteiger partial charge in [0.15, 0.2) is 0 Å². The van der Waals surface area contributed by atoms with E-state index in [1.165, 1.54) is 19.3 Å². The van der Waals surface area contributed by atoms with E-state index in [1.807, 2.05) is 0 Å². The van der Waals surface area contributed by atoms with Gasteiger partial charge in [-0.1, -0.05) is 32.4 Å². The highest BCUT2D eigenvalue weighted by molar-refractivity contribution is 5.24. The van der Waals surface area contributed by atoms with Gasteiger partial charge >= 0.3 is 0 Å². The van der Waals surface area contributed by atoms with E-state index in [0.717, 1.165) is 23.7 Å². The Morgan fingerprint density at radius 3 is 2.46 bits per heavy atom. The molecule has 2 atom stereocenters. The maximum absolute atomic E-state index is 2.56. The monoisotopic (exact) mass is 176 g/mol. The lowest BCUT2D eigenvalue weighted by atomic mass is 9.67. The molecule has 0 aliphatic heterocycles. The molecule has 0 aromatic rings. The summed E-state index contributed by atoms with van der Waals surface area (Å²) < 4.78 is 0. The lowest BCUT2D eigenvalue weighted by Gasteiger charge is -2.38. The minimum Gasteiger partial charge on any atom is -0.0845 e. The van der Waals surface area contributed by atoms with Gasteiger partial charge in [-0.25, -0.2) is 0 Å². The van der Waals surface area contributed by atoms with E-state index >= 15 is 0 Å². The predicted molar refractivity (Wildman–Crippen MR) is 55.3 cm³/mol. The molecule has 0 spiro atoms. The van der Waals surface area contributed by atoms with Crippen LogP contribution < -0.4 is 0 Å². The van der Waals surface area contributed by atoms with Crippen molar-refractivity contribution in [2.24, 2.45) is 29.1 Å². The summed E-state index contributed by atoms with van der Waals surface area (Å²) in [5.74, 6) is 4.51. The van der Waals surface area contributed by atoms with Crippen molar-refractivity contribution in [3.63, 3.8) is 0 Å². The molecule has 0 amide bonds. The molecular weight excluding hydrogens is 156 g/mol. The van der Waals surface area contributed by atoms with E-state index in [-0.39, 0.29) is 0 Å². The molecule has 13 heavy (non-hydrogen) atoms. The van der Waals surface area contributed by atoms with Gasteiger partial charge in [-0.3, -0.25) is 0 Å². The first-order valence-corrected chi connectivity index (χ1v) is 5.81. The van der Waals surface area contributed by atoms with Gasteiger partial charge < -0.3 is 0 Å². The second-order valence-electron chi connectivity index (χ2n) is 6.03. The first-order chi connectivity index (χ1) is 6.11. The van der Waals surface area contributed by atoms with Crippen LogP contribution in [0.25, 0.3) is 0 Å². The predicted octanol–water partition coefficient (Wildman–Crippen LogP) is 3.63. The quantitative estimate of drug-likeness (QED) is 0.563. The van der Waals surface area contributed by atoms with Crippen molar-refractivity contribution in [1.29, 1.82) is 0 Å². The molecule has 72 valence electrons. The average molecular weight is 176 g/mol. The Kier molecular flexibility index (Phi) is 1.38. The summed E-state index contributed by atoms with van der Waals surface area (Å²) in [6.07, 6.45) is 6.75. The van der Waals surface area contributed by atoms with Crippen LogP contribution in [-0.2, 0) is 0 Å². The Labute approximate surface area is 81.4 Å². The molecular formula is C13H20. The highest BCUT2D eigenvalue weighted by atomic mass is 14.7. The highest BCUT2D eigenvalue weighted by Crippen LogP contribution is 2.74. The Balaban J connectivity index is 1.53. The molecule has 0 bridgehead atoms. The smallest absolute Gasteiger partial charge is 0.0142 e. The summed E-state index contributed by atoms with van der Waals surface area (Å²) in [5.41, 5.74) is 2.30. The summed E-state index contributed by atoms with van der Waals surface area (Å²) in [4.78, 5) is 0. The van der Waals surface area contributed by atoms with Crippen molar-refractivity contribution in [2.75, 3.05) is 0 Å². The van der Waals surface area contributed by atoms with Crippen LogP contribution in [0.3, 0.4) is 0 Å². The van der Waals surface area contributed by atoms with E-state index in [0.29, 0.717) is 5.41 Å². The van der Waals surface area contributed by atoms with E-state index in [1.54, 1.807) is 5.57 Å². The van der Waals surface area contributed by atoms with Gasteiger partial charge in [-0.2, -0.15) is 0 Å². The molecule has 3 fully saturated rings. The van der Waals surface area contributed by atoms with Gasteiger partial charge in [0.25, 0.3) is 0 Å². The first kappa shape index (κ1) is 8.08. The van der Waals surface area contributed by atoms with Crippen LogP contribution in [0.15, 0.2) is 11.6 Å². The molecule has 0 saturated heterocycles. The van der Waals surface area contributed by atoms with Crippen LogP contribution in [0.4, 0.5) is 0 Å². The molecule has 0 aromatic heterocycles. The number of rotatable bonds is 2. The highest BCUT2D eigenvalue weighted by Gasteiger charge is 2.69. The second kappa shape index (κ2) is 2.21. The summed E-state index contributed by atoms with van der Waals surface area (Å²) in [6, 6.07) is 0. The van der Waals surface area contributed by atoms with Crippen molar-refractivity contribution in [1.82, 2.24) is 0 Å². The zero-order valence-corrected chi connectivity index (χ0v) is 9.01. The number of allylic oxidation sites excluding steroid dienone is 2. The third-order valence-electron chi connectivity index (χ3n) is 4.89. The maximum atomic E-state index is 2.56. The van der Waals surface area contributed by atoms with Crippen LogP contribution in [0, 0.1) is 29.1 Å². The molecule has 3 rings (SSSR count). The third kappa shape index (κ3) is 1.04. The van der Waals surface area contributed by atoms with Crippen LogP contribution in [0.2, 0.25) is 0 Å². The van der Waals surface area contributed by atoms with Crippen LogP contribution >= 0.6 is 0 Å². The van der Waals surface area contributed by atoms with Crippen molar-refractivity contribution in [2.45, 2.75) is 40.0 Å². The van der Waals surface area contributed by atoms with Crippen molar-refractivity contribution in [3.8, 4) is 0 Å². The third-order valence-corrected chi connectivity index (χ3v) is 4.89. The molecule has 0 N–H and O–H groups in total. The van der Waals surface area contributed by atoms with Crippen molar-refractivity contribution >= 4 is 0 Å². The lowest BCUT2D eigenvalue weighted by Crippen LogP contribution is -2.25. The molecule has 2 unspecified atom stereocenters.